The molecule has 0 saturated heterocycles. The lowest BCUT2D eigenvalue weighted by Crippen LogP contribution is -2.04. The number of ether oxygens (including phenoxy) is 1. The van der Waals surface area contributed by atoms with Crippen molar-refractivity contribution in [2.24, 2.45) is 5.92 Å². The van der Waals surface area contributed by atoms with Gasteiger partial charge in [-0.1, -0.05) is 39.0 Å². The Morgan fingerprint density at radius 2 is 2.00 bits per heavy atom. The van der Waals surface area contributed by atoms with Crippen molar-refractivity contribution in [1.29, 1.82) is 0 Å². The Hall–Kier alpha value is -1.31. The van der Waals surface area contributed by atoms with Gasteiger partial charge in [-0.25, -0.2) is 0 Å². The van der Waals surface area contributed by atoms with E-state index in [1.165, 1.54) is 5.56 Å². The molecule has 1 rings (SSSR count). The lowest BCUT2D eigenvalue weighted by Gasteiger charge is -2.16. The van der Waals surface area contributed by atoms with E-state index in [1.54, 1.807) is 7.11 Å². The summed E-state index contributed by atoms with van der Waals surface area (Å²) in [6.45, 7) is 6.24. The van der Waals surface area contributed by atoms with Gasteiger partial charge in [0, 0.05) is 11.5 Å². The minimum Gasteiger partial charge on any atom is -0.496 e. The fourth-order valence-electron chi connectivity index (χ4n) is 1.89. The first-order valence-corrected chi connectivity index (χ1v) is 5.71. The van der Waals surface area contributed by atoms with Crippen LogP contribution in [0.4, 0.5) is 0 Å². The first kappa shape index (κ1) is 12.8. The molecule has 0 amide bonds. The summed E-state index contributed by atoms with van der Waals surface area (Å²) in [5.41, 5.74) is 2.17. The van der Waals surface area contributed by atoms with E-state index in [1.807, 2.05) is 19.1 Å². The zero-order chi connectivity index (χ0) is 12.1. The summed E-state index contributed by atoms with van der Waals surface area (Å²) < 4.78 is 5.44. The zero-order valence-corrected chi connectivity index (χ0v) is 10.5. The predicted octanol–water partition coefficient (Wildman–Crippen LogP) is 3.20. The minimum absolute atomic E-state index is 0.109. The maximum absolute atomic E-state index is 10.9. The highest BCUT2D eigenvalue weighted by Gasteiger charge is 2.14. The van der Waals surface area contributed by atoms with E-state index in [9.17, 15) is 4.79 Å². The van der Waals surface area contributed by atoms with Crippen molar-refractivity contribution in [3.05, 3.63) is 29.3 Å². The van der Waals surface area contributed by atoms with Gasteiger partial charge < -0.3 is 9.53 Å². The fourth-order valence-corrected chi connectivity index (χ4v) is 1.89. The highest BCUT2D eigenvalue weighted by atomic mass is 16.5. The van der Waals surface area contributed by atoms with Gasteiger partial charge in [-0.15, -0.1) is 0 Å². The number of rotatable bonds is 5. The summed E-state index contributed by atoms with van der Waals surface area (Å²) in [5, 5.41) is 0. The number of benzene rings is 1. The van der Waals surface area contributed by atoms with Gasteiger partial charge in [0.25, 0.3) is 0 Å². The van der Waals surface area contributed by atoms with Gasteiger partial charge in [0.15, 0.2) is 0 Å². The molecule has 0 aromatic heterocycles. The normalized spacial score (nSPS) is 12.6. The molecule has 2 nitrogen and oxygen atoms in total. The van der Waals surface area contributed by atoms with Crippen molar-refractivity contribution < 1.29 is 9.53 Å². The highest BCUT2D eigenvalue weighted by molar-refractivity contribution is 5.64. The van der Waals surface area contributed by atoms with Gasteiger partial charge in [0.1, 0.15) is 12.0 Å². The van der Waals surface area contributed by atoms with E-state index in [2.05, 4.69) is 19.9 Å². The van der Waals surface area contributed by atoms with Crippen molar-refractivity contribution in [3.63, 3.8) is 0 Å². The van der Waals surface area contributed by atoms with Gasteiger partial charge in [-0.05, 0) is 17.9 Å². The number of methoxy groups -OCH3 is 1. The molecule has 0 aliphatic carbocycles. The molecule has 2 heteroatoms. The van der Waals surface area contributed by atoms with E-state index in [-0.39, 0.29) is 5.92 Å². The largest absolute Gasteiger partial charge is 0.496 e. The molecule has 0 fully saturated rings. The lowest BCUT2D eigenvalue weighted by molar-refractivity contribution is -0.108. The topological polar surface area (TPSA) is 26.3 Å². The van der Waals surface area contributed by atoms with Crippen LogP contribution in [0.15, 0.2) is 18.2 Å². The molecule has 88 valence electrons. The Balaban J connectivity index is 3.14. The van der Waals surface area contributed by atoms with E-state index in [0.717, 1.165) is 24.0 Å². The molecule has 0 radical (unpaired) electrons. The van der Waals surface area contributed by atoms with Crippen LogP contribution in [0.1, 0.15) is 37.8 Å². The van der Waals surface area contributed by atoms with Crippen LogP contribution in [0.25, 0.3) is 0 Å². The molecule has 0 bridgehead atoms. The summed E-state index contributed by atoms with van der Waals surface area (Å²) in [4.78, 5) is 10.9. The Morgan fingerprint density at radius 1 is 1.31 bits per heavy atom. The maximum atomic E-state index is 10.9. The van der Waals surface area contributed by atoms with Gasteiger partial charge in [0.2, 0.25) is 0 Å². The molecule has 16 heavy (non-hydrogen) atoms. The van der Waals surface area contributed by atoms with E-state index >= 15 is 0 Å². The van der Waals surface area contributed by atoms with Crippen LogP contribution in [0.2, 0.25) is 0 Å². The van der Waals surface area contributed by atoms with Crippen LogP contribution in [0.5, 0.6) is 5.75 Å². The Kier molecular flexibility index (Phi) is 4.53. The van der Waals surface area contributed by atoms with E-state index in [0.29, 0.717) is 5.92 Å². The number of para-hydroxylation sites is 1. The van der Waals surface area contributed by atoms with Crippen molar-refractivity contribution in [1.82, 2.24) is 0 Å². The predicted molar refractivity (Wildman–Crippen MR) is 66.0 cm³/mol. The molecular weight excluding hydrogens is 200 g/mol. The monoisotopic (exact) mass is 220 g/mol. The van der Waals surface area contributed by atoms with E-state index < -0.39 is 0 Å². The Bertz CT molecular complexity index is 356. The standard InChI is InChI=1S/C14H20O2/c1-10(2)8-12-6-5-7-13(11(3)9-15)14(12)16-4/h5-7,9-11H,8H2,1-4H3. The number of carbonyl (C=O) groups excluding carboxylic acids is 1. The first-order valence-electron chi connectivity index (χ1n) is 5.71. The average molecular weight is 220 g/mol. The van der Waals surface area contributed by atoms with Crippen molar-refractivity contribution in [3.8, 4) is 5.75 Å². The number of hydrogen-bond donors (Lipinski definition) is 0. The zero-order valence-electron chi connectivity index (χ0n) is 10.5. The van der Waals surface area contributed by atoms with Crippen LogP contribution in [0.3, 0.4) is 0 Å². The summed E-state index contributed by atoms with van der Waals surface area (Å²) in [6.07, 6.45) is 1.93. The second kappa shape index (κ2) is 5.69. The number of carbonyl (C=O) groups is 1. The number of aldehydes is 1. The minimum atomic E-state index is -0.109. The molecule has 1 aromatic rings. The molecule has 0 saturated carbocycles. The van der Waals surface area contributed by atoms with Gasteiger partial charge >= 0.3 is 0 Å². The van der Waals surface area contributed by atoms with Gasteiger partial charge in [-0.3, -0.25) is 0 Å². The third kappa shape index (κ3) is 2.84. The van der Waals surface area contributed by atoms with Crippen molar-refractivity contribution >= 4 is 6.29 Å². The molecule has 1 unspecified atom stereocenters. The van der Waals surface area contributed by atoms with E-state index in [4.69, 9.17) is 4.74 Å². The van der Waals surface area contributed by atoms with Crippen LogP contribution in [-0.4, -0.2) is 13.4 Å². The van der Waals surface area contributed by atoms with Gasteiger partial charge in [-0.2, -0.15) is 0 Å². The molecule has 1 aromatic carbocycles. The van der Waals surface area contributed by atoms with Crippen LogP contribution in [0, 0.1) is 5.92 Å². The maximum Gasteiger partial charge on any atom is 0.127 e. The molecular formula is C14H20O2. The van der Waals surface area contributed by atoms with Crippen LogP contribution >= 0.6 is 0 Å². The van der Waals surface area contributed by atoms with Crippen LogP contribution < -0.4 is 4.74 Å². The quantitative estimate of drug-likeness (QED) is 0.712. The fraction of sp³-hybridized carbons (Fsp3) is 0.500. The first-order chi connectivity index (χ1) is 7.60. The summed E-state index contributed by atoms with van der Waals surface area (Å²) in [6, 6.07) is 6.02. The Morgan fingerprint density at radius 3 is 2.50 bits per heavy atom. The molecule has 0 aliphatic rings. The lowest BCUT2D eigenvalue weighted by atomic mass is 9.94. The molecule has 0 spiro atoms. The molecule has 0 aliphatic heterocycles. The molecule has 1 atom stereocenters. The second-order valence-corrected chi connectivity index (χ2v) is 4.56. The molecule has 0 heterocycles. The summed E-state index contributed by atoms with van der Waals surface area (Å²) in [7, 11) is 1.67. The Labute approximate surface area is 97.6 Å². The van der Waals surface area contributed by atoms with Crippen molar-refractivity contribution in [2.75, 3.05) is 7.11 Å². The SMILES string of the molecule is COc1c(CC(C)C)cccc1C(C)C=O. The van der Waals surface area contributed by atoms with Gasteiger partial charge in [0.05, 0.1) is 7.11 Å². The number of hydrogen-bond acceptors (Lipinski definition) is 2. The van der Waals surface area contributed by atoms with Crippen molar-refractivity contribution in [2.45, 2.75) is 33.1 Å². The average Bonchev–Trinajstić information content (AvgIpc) is 2.27. The van der Waals surface area contributed by atoms with Crippen LogP contribution in [-0.2, 0) is 11.2 Å². The summed E-state index contributed by atoms with van der Waals surface area (Å²) >= 11 is 0. The second-order valence-electron chi connectivity index (χ2n) is 4.56. The summed E-state index contributed by atoms with van der Waals surface area (Å²) in [5.74, 6) is 1.34. The third-order valence-electron chi connectivity index (χ3n) is 2.65. The highest BCUT2D eigenvalue weighted by Crippen LogP contribution is 2.30. The molecule has 0 N–H and O–H groups in total. The smallest absolute Gasteiger partial charge is 0.127 e. The third-order valence-corrected chi connectivity index (χ3v) is 2.65.